The molecular weight excluding hydrogens is 227 g/mol. The molecule has 0 amide bonds. The second kappa shape index (κ2) is 4.53. The first kappa shape index (κ1) is 11.1. The number of aliphatic carboxylic acids is 1. The minimum atomic E-state index is -1.32. The summed E-state index contributed by atoms with van der Waals surface area (Å²) >= 11 is 11.6. The number of carbonyl (C=O) groups is 1. The van der Waals surface area contributed by atoms with Crippen molar-refractivity contribution in [3.05, 3.63) is 27.7 Å². The van der Waals surface area contributed by atoms with Gasteiger partial charge >= 0.3 is 0 Å². The van der Waals surface area contributed by atoms with Crippen molar-refractivity contribution in [2.75, 3.05) is 6.61 Å². The summed E-state index contributed by atoms with van der Waals surface area (Å²) in [5.41, 5.74) is 0.876. The van der Waals surface area contributed by atoms with Crippen LogP contribution in [0.4, 0.5) is 0 Å². The van der Waals surface area contributed by atoms with Gasteiger partial charge in [0.2, 0.25) is 0 Å². The summed E-state index contributed by atoms with van der Waals surface area (Å²) in [5, 5.41) is 10.7. The van der Waals surface area contributed by atoms with Gasteiger partial charge in [-0.1, -0.05) is 23.2 Å². The van der Waals surface area contributed by atoms with E-state index < -0.39 is 12.6 Å². The van der Waals surface area contributed by atoms with E-state index >= 15 is 0 Å². The van der Waals surface area contributed by atoms with Crippen LogP contribution in [0.15, 0.2) is 12.1 Å². The van der Waals surface area contributed by atoms with Crippen LogP contribution in [0.25, 0.3) is 0 Å². The molecule has 3 nitrogen and oxygen atoms in total. The topological polar surface area (TPSA) is 49.4 Å². The second-order valence-electron chi connectivity index (χ2n) is 2.72. The van der Waals surface area contributed by atoms with Gasteiger partial charge < -0.3 is 14.6 Å². The number of hydrogen-bond donors (Lipinski definition) is 0. The Hall–Kier alpha value is -0.930. The van der Waals surface area contributed by atoms with Crippen LogP contribution in [0, 0.1) is 6.92 Å². The smallest absolute Gasteiger partial charge is 0.157 e. The first-order valence-corrected chi connectivity index (χ1v) is 4.54. The fraction of sp³-hybridized carbons (Fsp3) is 0.222. The molecule has 1 rings (SSSR count). The Bertz CT molecular complexity index is 340. The third kappa shape index (κ3) is 2.79. The largest absolute Gasteiger partial charge is 0.546 e. The van der Waals surface area contributed by atoms with Gasteiger partial charge in [-0.2, -0.15) is 0 Å². The van der Waals surface area contributed by atoms with Gasteiger partial charge in [-0.05, 0) is 24.6 Å². The summed E-state index contributed by atoms with van der Waals surface area (Å²) in [6.45, 7) is 1.25. The highest BCUT2D eigenvalue weighted by Gasteiger charge is 2.07. The molecule has 0 fully saturated rings. The van der Waals surface area contributed by atoms with Crippen LogP contribution in [-0.2, 0) is 4.79 Å². The first-order chi connectivity index (χ1) is 6.50. The summed E-state index contributed by atoms with van der Waals surface area (Å²) in [7, 11) is 0. The number of ether oxygens (including phenoxy) is 1. The molecule has 0 atom stereocenters. The van der Waals surface area contributed by atoms with E-state index in [-0.39, 0.29) is 15.8 Å². The molecule has 0 radical (unpaired) electrons. The fourth-order valence-electron chi connectivity index (χ4n) is 0.956. The van der Waals surface area contributed by atoms with Crippen LogP contribution in [0.5, 0.6) is 5.75 Å². The van der Waals surface area contributed by atoms with Crippen LogP contribution in [0.1, 0.15) is 5.56 Å². The van der Waals surface area contributed by atoms with Crippen LogP contribution in [0.2, 0.25) is 10.0 Å². The lowest BCUT2D eigenvalue weighted by Crippen LogP contribution is -2.29. The fourth-order valence-corrected chi connectivity index (χ4v) is 1.66. The van der Waals surface area contributed by atoms with Crippen molar-refractivity contribution in [2.45, 2.75) is 6.92 Å². The molecule has 0 heterocycles. The van der Waals surface area contributed by atoms with E-state index in [0.29, 0.717) is 0 Å². The number of aryl methyl sites for hydroxylation is 1. The Kier molecular flexibility index (Phi) is 3.61. The number of rotatable bonds is 3. The number of benzene rings is 1. The van der Waals surface area contributed by atoms with E-state index in [1.165, 1.54) is 0 Å². The van der Waals surface area contributed by atoms with Gasteiger partial charge in [0.25, 0.3) is 0 Å². The van der Waals surface area contributed by atoms with Crippen LogP contribution >= 0.6 is 23.2 Å². The van der Waals surface area contributed by atoms with E-state index in [1.54, 1.807) is 12.1 Å². The van der Waals surface area contributed by atoms with Gasteiger partial charge in [0.1, 0.15) is 6.61 Å². The predicted octanol–water partition coefficient (Wildman–Crippen LogP) is 1.43. The van der Waals surface area contributed by atoms with Crippen molar-refractivity contribution in [2.24, 2.45) is 0 Å². The average molecular weight is 234 g/mol. The number of carboxylic acid groups (broad SMARTS) is 1. The second-order valence-corrected chi connectivity index (χ2v) is 3.53. The molecular formula is C9H7Cl2O3-. The van der Waals surface area contributed by atoms with E-state index in [1.807, 2.05) is 6.92 Å². The van der Waals surface area contributed by atoms with Crippen LogP contribution in [0.3, 0.4) is 0 Å². The van der Waals surface area contributed by atoms with E-state index in [9.17, 15) is 9.90 Å². The maximum Gasteiger partial charge on any atom is 0.157 e. The van der Waals surface area contributed by atoms with Crippen molar-refractivity contribution in [3.8, 4) is 5.75 Å². The Morgan fingerprint density at radius 1 is 1.43 bits per heavy atom. The molecule has 1 aromatic rings. The van der Waals surface area contributed by atoms with Gasteiger partial charge in [-0.3, -0.25) is 0 Å². The maximum absolute atomic E-state index is 10.1. The molecule has 14 heavy (non-hydrogen) atoms. The van der Waals surface area contributed by atoms with Crippen molar-refractivity contribution < 1.29 is 14.6 Å². The molecule has 0 N–H and O–H groups in total. The molecule has 0 aliphatic rings. The van der Waals surface area contributed by atoms with Gasteiger partial charge in [-0.25, -0.2) is 0 Å². The molecule has 0 unspecified atom stereocenters. The number of carbonyl (C=O) groups excluding carboxylic acids is 1. The molecule has 0 spiro atoms. The van der Waals surface area contributed by atoms with Crippen molar-refractivity contribution in [1.82, 2.24) is 0 Å². The highest BCUT2D eigenvalue weighted by molar-refractivity contribution is 6.37. The van der Waals surface area contributed by atoms with Crippen molar-refractivity contribution in [1.29, 1.82) is 0 Å². The lowest BCUT2D eigenvalue weighted by molar-refractivity contribution is -0.307. The maximum atomic E-state index is 10.1. The van der Waals surface area contributed by atoms with Crippen LogP contribution < -0.4 is 9.84 Å². The summed E-state index contributed by atoms with van der Waals surface area (Å²) < 4.78 is 4.86. The molecule has 5 heteroatoms. The van der Waals surface area contributed by atoms with Crippen molar-refractivity contribution >= 4 is 29.2 Å². The Morgan fingerprint density at radius 2 is 1.93 bits per heavy atom. The van der Waals surface area contributed by atoms with Gasteiger partial charge in [-0.15, -0.1) is 0 Å². The van der Waals surface area contributed by atoms with E-state index in [4.69, 9.17) is 27.9 Å². The van der Waals surface area contributed by atoms with Gasteiger partial charge in [0.05, 0.1) is 16.0 Å². The lowest BCUT2D eigenvalue weighted by atomic mass is 10.2. The SMILES string of the molecule is Cc1cc(Cl)c(OCC(=O)[O-])c(Cl)c1. The normalized spacial score (nSPS) is 9.93. The quantitative estimate of drug-likeness (QED) is 0.794. The standard InChI is InChI=1S/C9H8Cl2O3/c1-5-2-6(10)9(7(11)3-5)14-4-8(12)13/h2-3H,4H2,1H3,(H,12,13)/p-1. The van der Waals surface area contributed by atoms with E-state index in [2.05, 4.69) is 0 Å². The highest BCUT2D eigenvalue weighted by atomic mass is 35.5. The van der Waals surface area contributed by atoms with Gasteiger partial charge in [0.15, 0.2) is 5.75 Å². The molecule has 0 saturated carbocycles. The molecule has 76 valence electrons. The summed E-state index contributed by atoms with van der Waals surface area (Å²) in [6.07, 6.45) is 0. The van der Waals surface area contributed by atoms with Gasteiger partial charge in [0, 0.05) is 0 Å². The molecule has 0 aromatic heterocycles. The Labute approximate surface area is 91.2 Å². The molecule has 0 aliphatic carbocycles. The first-order valence-electron chi connectivity index (χ1n) is 3.79. The molecule has 0 aliphatic heterocycles. The average Bonchev–Trinajstić information content (AvgIpc) is 2.01. The molecule has 1 aromatic carbocycles. The third-order valence-electron chi connectivity index (χ3n) is 1.48. The number of halogens is 2. The third-order valence-corrected chi connectivity index (χ3v) is 2.04. The zero-order valence-electron chi connectivity index (χ0n) is 7.34. The lowest BCUT2D eigenvalue weighted by Gasteiger charge is -2.10. The molecule has 0 saturated heterocycles. The Balaban J connectivity index is 2.91. The Morgan fingerprint density at radius 3 is 2.36 bits per heavy atom. The summed E-state index contributed by atoms with van der Waals surface area (Å²) in [6, 6.07) is 3.27. The summed E-state index contributed by atoms with van der Waals surface area (Å²) in [4.78, 5) is 10.1. The minimum Gasteiger partial charge on any atom is -0.546 e. The number of carboxylic acids is 1. The number of hydrogen-bond acceptors (Lipinski definition) is 3. The van der Waals surface area contributed by atoms with Crippen LogP contribution in [-0.4, -0.2) is 12.6 Å². The monoisotopic (exact) mass is 233 g/mol. The molecule has 0 bridgehead atoms. The highest BCUT2D eigenvalue weighted by Crippen LogP contribution is 2.33. The van der Waals surface area contributed by atoms with Crippen molar-refractivity contribution in [3.63, 3.8) is 0 Å². The predicted molar refractivity (Wildman–Crippen MR) is 51.7 cm³/mol. The van der Waals surface area contributed by atoms with E-state index in [0.717, 1.165) is 5.56 Å². The zero-order valence-corrected chi connectivity index (χ0v) is 8.85. The minimum absolute atomic E-state index is 0.170. The zero-order chi connectivity index (χ0) is 10.7. The summed E-state index contributed by atoms with van der Waals surface area (Å²) in [5.74, 6) is -1.15.